The van der Waals surface area contributed by atoms with Crippen molar-refractivity contribution >= 4 is 45.1 Å². The molecule has 0 atom stereocenters. The van der Waals surface area contributed by atoms with Crippen LogP contribution in [0.4, 0.5) is 0 Å². The third-order valence-corrected chi connectivity index (χ3v) is 7.03. The van der Waals surface area contributed by atoms with Crippen LogP contribution in [-0.4, -0.2) is 22.2 Å². The van der Waals surface area contributed by atoms with Gasteiger partial charge in [0.2, 0.25) is 0 Å². The molecule has 45 heavy (non-hydrogen) atoms. The van der Waals surface area contributed by atoms with Crippen LogP contribution in [0.2, 0.25) is 0 Å². The molecule has 0 radical (unpaired) electrons. The molecule has 0 fully saturated rings. The maximum absolute atomic E-state index is 9.63. The SMILES string of the molecule is COc1ccc2[nH]cc(/C(C#N)=C/c3cccc(C#N)c3)c2c1.N#C/C(=C\c1cccc(C#N)c1)c1c[nH]c2ccc(O)cc12. The Morgan fingerprint density at radius 1 is 0.667 bits per heavy atom. The van der Waals surface area contributed by atoms with Gasteiger partial charge in [0.15, 0.2) is 0 Å². The van der Waals surface area contributed by atoms with Gasteiger partial charge in [0.05, 0.1) is 53.7 Å². The molecule has 6 aromatic rings. The minimum atomic E-state index is 0.150. The van der Waals surface area contributed by atoms with Gasteiger partial charge in [-0.1, -0.05) is 24.3 Å². The number of methoxy groups -OCH3 is 1. The Morgan fingerprint density at radius 3 is 1.67 bits per heavy atom. The van der Waals surface area contributed by atoms with Crippen molar-refractivity contribution in [3.05, 3.63) is 131 Å². The zero-order valence-corrected chi connectivity index (χ0v) is 24.0. The van der Waals surface area contributed by atoms with Crippen molar-refractivity contribution in [1.29, 1.82) is 21.0 Å². The molecule has 0 unspecified atom stereocenters. The zero-order chi connectivity index (χ0) is 31.8. The van der Waals surface area contributed by atoms with Crippen LogP contribution in [0.15, 0.2) is 97.3 Å². The molecule has 0 aliphatic heterocycles. The number of rotatable bonds is 5. The highest BCUT2D eigenvalue weighted by Gasteiger charge is 2.11. The summed E-state index contributed by atoms with van der Waals surface area (Å²) in [6, 6.07) is 33.5. The average Bonchev–Trinajstić information content (AvgIpc) is 3.70. The lowest BCUT2D eigenvalue weighted by Gasteiger charge is -2.02. The van der Waals surface area contributed by atoms with E-state index in [1.54, 1.807) is 80.1 Å². The number of aromatic amines is 2. The van der Waals surface area contributed by atoms with Crippen molar-refractivity contribution in [2.75, 3.05) is 7.11 Å². The Hall–Kier alpha value is -7.00. The van der Waals surface area contributed by atoms with Gasteiger partial charge >= 0.3 is 0 Å². The monoisotopic (exact) mass is 584 g/mol. The Bertz CT molecular complexity index is 2280. The van der Waals surface area contributed by atoms with Gasteiger partial charge in [-0.15, -0.1) is 0 Å². The molecule has 2 aromatic heterocycles. The van der Waals surface area contributed by atoms with Crippen LogP contribution in [0.5, 0.6) is 11.5 Å². The number of allylic oxidation sites excluding steroid dienone is 2. The highest BCUT2D eigenvalue weighted by Crippen LogP contribution is 2.30. The van der Waals surface area contributed by atoms with Crippen LogP contribution in [0.3, 0.4) is 0 Å². The van der Waals surface area contributed by atoms with E-state index in [4.69, 9.17) is 15.3 Å². The average molecular weight is 585 g/mol. The van der Waals surface area contributed by atoms with Gasteiger partial charge < -0.3 is 19.8 Å². The van der Waals surface area contributed by atoms with E-state index in [0.29, 0.717) is 22.3 Å². The normalized spacial score (nSPS) is 11.0. The molecule has 8 nitrogen and oxygen atoms in total. The molecule has 0 aliphatic rings. The van der Waals surface area contributed by atoms with Crippen molar-refractivity contribution in [2.45, 2.75) is 0 Å². The molecule has 0 aliphatic carbocycles. The number of fused-ring (bicyclic) bond motifs is 2. The fourth-order valence-electron chi connectivity index (χ4n) is 4.85. The molecule has 214 valence electrons. The molecule has 0 amide bonds. The van der Waals surface area contributed by atoms with Crippen LogP contribution < -0.4 is 4.74 Å². The van der Waals surface area contributed by atoms with E-state index in [1.165, 1.54) is 0 Å². The van der Waals surface area contributed by atoms with Gasteiger partial charge in [0.25, 0.3) is 0 Å². The molecule has 0 bridgehead atoms. The van der Waals surface area contributed by atoms with Crippen molar-refractivity contribution < 1.29 is 9.84 Å². The van der Waals surface area contributed by atoms with Crippen LogP contribution >= 0.6 is 0 Å². The second-order valence-corrected chi connectivity index (χ2v) is 9.86. The molecular weight excluding hydrogens is 560 g/mol. The first-order chi connectivity index (χ1) is 22.0. The Balaban J connectivity index is 0.000000178. The van der Waals surface area contributed by atoms with E-state index in [2.05, 4.69) is 34.2 Å². The van der Waals surface area contributed by atoms with Gasteiger partial charge in [0, 0.05) is 45.3 Å². The smallest absolute Gasteiger partial charge is 0.119 e. The molecule has 3 N–H and O–H groups in total. The van der Waals surface area contributed by atoms with Gasteiger partial charge in [0.1, 0.15) is 11.5 Å². The van der Waals surface area contributed by atoms with Crippen LogP contribution in [-0.2, 0) is 0 Å². The molecule has 4 aromatic carbocycles. The van der Waals surface area contributed by atoms with E-state index >= 15 is 0 Å². The minimum absolute atomic E-state index is 0.150. The van der Waals surface area contributed by atoms with E-state index < -0.39 is 0 Å². The number of nitrogens with one attached hydrogen (secondary N) is 2. The molecule has 0 saturated carbocycles. The Kier molecular flexibility index (Phi) is 8.73. The molecule has 0 spiro atoms. The number of ether oxygens (including phenoxy) is 1. The Labute approximate surface area is 259 Å². The predicted molar refractivity (Wildman–Crippen MR) is 174 cm³/mol. The number of nitriles is 4. The first kappa shape index (κ1) is 29.5. The first-order valence-corrected chi connectivity index (χ1v) is 13.7. The molecule has 0 saturated heterocycles. The number of aromatic nitrogens is 2. The molecule has 8 heteroatoms. The number of phenols is 1. The maximum Gasteiger partial charge on any atom is 0.119 e. The number of benzene rings is 4. The summed E-state index contributed by atoms with van der Waals surface area (Å²) in [5, 5.41) is 48.3. The number of phenolic OH excluding ortho intramolecular Hbond substituents is 1. The largest absolute Gasteiger partial charge is 0.508 e. The fourth-order valence-corrected chi connectivity index (χ4v) is 4.85. The summed E-state index contributed by atoms with van der Waals surface area (Å²) >= 11 is 0. The lowest BCUT2D eigenvalue weighted by molar-refractivity contribution is 0.415. The second-order valence-electron chi connectivity index (χ2n) is 9.86. The van der Waals surface area contributed by atoms with Gasteiger partial charge in [-0.2, -0.15) is 21.0 Å². The highest BCUT2D eigenvalue weighted by molar-refractivity contribution is 6.02. The summed E-state index contributed by atoms with van der Waals surface area (Å²) < 4.78 is 5.26. The van der Waals surface area contributed by atoms with E-state index in [1.807, 2.05) is 36.5 Å². The summed E-state index contributed by atoms with van der Waals surface area (Å²) in [6.07, 6.45) is 7.07. The summed E-state index contributed by atoms with van der Waals surface area (Å²) in [5.41, 5.74) is 7.01. The molecule has 2 heterocycles. The lowest BCUT2D eigenvalue weighted by atomic mass is 10.0. The topological polar surface area (TPSA) is 156 Å². The zero-order valence-electron chi connectivity index (χ0n) is 24.0. The van der Waals surface area contributed by atoms with Gasteiger partial charge in [-0.05, 0) is 83.9 Å². The summed E-state index contributed by atoms with van der Waals surface area (Å²) in [6.45, 7) is 0. The minimum Gasteiger partial charge on any atom is -0.508 e. The van der Waals surface area contributed by atoms with Crippen LogP contribution in [0.25, 0.3) is 45.1 Å². The van der Waals surface area contributed by atoms with E-state index in [9.17, 15) is 15.6 Å². The van der Waals surface area contributed by atoms with Crippen LogP contribution in [0.1, 0.15) is 33.4 Å². The molecular formula is C37H24N6O2. The third-order valence-electron chi connectivity index (χ3n) is 7.03. The fraction of sp³-hybridized carbons (Fsp3) is 0.0270. The van der Waals surface area contributed by atoms with Crippen molar-refractivity contribution in [2.24, 2.45) is 0 Å². The van der Waals surface area contributed by atoms with Gasteiger partial charge in [-0.3, -0.25) is 0 Å². The molecule has 6 rings (SSSR count). The third kappa shape index (κ3) is 6.58. The van der Waals surface area contributed by atoms with E-state index in [-0.39, 0.29) is 5.75 Å². The maximum atomic E-state index is 9.63. The van der Waals surface area contributed by atoms with Crippen molar-refractivity contribution in [3.63, 3.8) is 0 Å². The predicted octanol–water partition coefficient (Wildman–Crippen LogP) is 7.92. The number of hydrogen-bond donors (Lipinski definition) is 3. The summed E-state index contributed by atoms with van der Waals surface area (Å²) in [4.78, 5) is 6.25. The van der Waals surface area contributed by atoms with Crippen molar-refractivity contribution in [3.8, 4) is 35.8 Å². The quantitative estimate of drug-likeness (QED) is 0.175. The number of nitrogens with zero attached hydrogens (tertiary/aromatic N) is 4. The highest BCUT2D eigenvalue weighted by atomic mass is 16.5. The van der Waals surface area contributed by atoms with E-state index in [0.717, 1.165) is 49.8 Å². The Morgan fingerprint density at radius 2 is 1.18 bits per heavy atom. The summed E-state index contributed by atoms with van der Waals surface area (Å²) in [7, 11) is 1.61. The van der Waals surface area contributed by atoms with Crippen LogP contribution in [0, 0.1) is 45.3 Å². The number of H-pyrrole nitrogens is 2. The van der Waals surface area contributed by atoms with Gasteiger partial charge in [-0.25, -0.2) is 0 Å². The summed E-state index contributed by atoms with van der Waals surface area (Å²) in [5.74, 6) is 0.888. The van der Waals surface area contributed by atoms with Crippen molar-refractivity contribution in [1.82, 2.24) is 9.97 Å². The first-order valence-electron chi connectivity index (χ1n) is 13.7. The second kappa shape index (κ2) is 13.3. The lowest BCUT2D eigenvalue weighted by Crippen LogP contribution is -1.84. The standard InChI is InChI=1S/C19H13N3O.C18H11N3O/c1-23-16-5-6-19-17(9-16)18(12-22-19)15(11-21)8-13-3-2-4-14(7-13)10-20;19-9-13-3-1-2-12(6-13)7-14(10-20)17-11-21-18-5-4-15(22)8-16(17)18/h2-9,12,22H,1H3;1-8,11,21-22H/b15-8+;14-7+. The number of hydrogen-bond acceptors (Lipinski definition) is 6. The number of aromatic hydroxyl groups is 1.